The van der Waals surface area contributed by atoms with Crippen molar-refractivity contribution in [1.82, 2.24) is 10.2 Å². The van der Waals surface area contributed by atoms with Gasteiger partial charge in [-0.15, -0.1) is 0 Å². The van der Waals surface area contributed by atoms with E-state index in [1.165, 1.54) is 6.07 Å². The van der Waals surface area contributed by atoms with Crippen molar-refractivity contribution < 1.29 is 4.74 Å². The van der Waals surface area contributed by atoms with Crippen molar-refractivity contribution in [3.63, 3.8) is 0 Å². The zero-order valence-electron chi connectivity index (χ0n) is 10.3. The van der Waals surface area contributed by atoms with Crippen molar-refractivity contribution in [3.05, 3.63) is 57.5 Å². The number of H-pyrrole nitrogens is 1. The summed E-state index contributed by atoms with van der Waals surface area (Å²) in [6, 6.07) is 9.23. The molecule has 2 aromatic rings. The van der Waals surface area contributed by atoms with E-state index in [2.05, 4.69) is 10.2 Å². The van der Waals surface area contributed by atoms with E-state index in [0.717, 1.165) is 22.6 Å². The van der Waals surface area contributed by atoms with Crippen LogP contribution in [0.4, 0.5) is 0 Å². The molecule has 0 fully saturated rings. The number of aromatic amines is 1. The summed E-state index contributed by atoms with van der Waals surface area (Å²) in [5.41, 5.74) is 2.46. The Bertz CT molecular complexity index is 612. The molecule has 1 aromatic carbocycles. The average molecular weight is 242 g/mol. The zero-order valence-corrected chi connectivity index (χ0v) is 10.3. The minimum absolute atomic E-state index is 0.186. The number of aromatic nitrogens is 2. The molecule has 0 aliphatic heterocycles. The summed E-state index contributed by atoms with van der Waals surface area (Å²) in [7, 11) is 1.64. The van der Waals surface area contributed by atoms with E-state index in [4.69, 9.17) is 4.74 Å². The Morgan fingerprint density at radius 2 is 1.94 bits per heavy atom. The highest BCUT2D eigenvalue weighted by Crippen LogP contribution is 2.13. The van der Waals surface area contributed by atoms with Crippen molar-refractivity contribution >= 4 is 12.2 Å². The van der Waals surface area contributed by atoms with Gasteiger partial charge in [0.2, 0.25) is 0 Å². The van der Waals surface area contributed by atoms with Crippen molar-refractivity contribution in [2.45, 2.75) is 6.92 Å². The summed E-state index contributed by atoms with van der Waals surface area (Å²) in [6.45, 7) is 1.86. The van der Waals surface area contributed by atoms with Crippen LogP contribution in [-0.2, 0) is 0 Å². The van der Waals surface area contributed by atoms with Crippen LogP contribution in [-0.4, -0.2) is 17.3 Å². The predicted octanol–water partition coefficient (Wildman–Crippen LogP) is 2.26. The van der Waals surface area contributed by atoms with Crippen LogP contribution >= 0.6 is 0 Å². The smallest absolute Gasteiger partial charge is 0.264 e. The third-order valence-electron chi connectivity index (χ3n) is 2.59. The van der Waals surface area contributed by atoms with Gasteiger partial charge in [-0.05, 0) is 36.3 Å². The van der Waals surface area contributed by atoms with Crippen LogP contribution in [0.5, 0.6) is 5.75 Å². The summed E-state index contributed by atoms with van der Waals surface area (Å²) in [5.74, 6) is 0.825. The Morgan fingerprint density at radius 1 is 1.22 bits per heavy atom. The maximum Gasteiger partial charge on any atom is 0.264 e. The summed E-state index contributed by atoms with van der Waals surface area (Å²) >= 11 is 0. The van der Waals surface area contributed by atoms with Crippen molar-refractivity contribution in [2.24, 2.45) is 0 Å². The molecule has 0 unspecified atom stereocenters. The lowest BCUT2D eigenvalue weighted by Gasteiger charge is -2.00. The monoisotopic (exact) mass is 242 g/mol. The highest BCUT2D eigenvalue weighted by atomic mass is 16.5. The molecule has 1 aromatic heterocycles. The predicted molar refractivity (Wildman–Crippen MR) is 71.5 cm³/mol. The number of ether oxygens (including phenoxy) is 1. The van der Waals surface area contributed by atoms with Gasteiger partial charge in [-0.1, -0.05) is 18.2 Å². The number of aryl methyl sites for hydroxylation is 1. The first-order valence-electron chi connectivity index (χ1n) is 5.57. The van der Waals surface area contributed by atoms with Crippen molar-refractivity contribution in [3.8, 4) is 5.75 Å². The number of hydrogen-bond acceptors (Lipinski definition) is 3. The Balaban J connectivity index is 2.21. The van der Waals surface area contributed by atoms with Crippen molar-refractivity contribution in [1.29, 1.82) is 0 Å². The van der Waals surface area contributed by atoms with E-state index in [0.29, 0.717) is 0 Å². The van der Waals surface area contributed by atoms with Gasteiger partial charge in [0.15, 0.2) is 0 Å². The molecule has 92 valence electrons. The Labute approximate surface area is 105 Å². The molecule has 1 N–H and O–H groups in total. The van der Waals surface area contributed by atoms with E-state index in [-0.39, 0.29) is 5.56 Å². The van der Waals surface area contributed by atoms with Crippen LogP contribution in [0.1, 0.15) is 16.8 Å². The fourth-order valence-electron chi connectivity index (χ4n) is 1.57. The van der Waals surface area contributed by atoms with E-state index < -0.39 is 0 Å². The first kappa shape index (κ1) is 12.1. The van der Waals surface area contributed by atoms with E-state index in [1.807, 2.05) is 43.3 Å². The quantitative estimate of drug-likeness (QED) is 0.898. The van der Waals surface area contributed by atoms with Gasteiger partial charge in [0.25, 0.3) is 5.56 Å². The maximum absolute atomic E-state index is 11.0. The van der Waals surface area contributed by atoms with Gasteiger partial charge < -0.3 is 4.74 Å². The molecule has 0 aliphatic carbocycles. The molecule has 0 bridgehead atoms. The largest absolute Gasteiger partial charge is 0.497 e. The molecule has 18 heavy (non-hydrogen) atoms. The lowest BCUT2D eigenvalue weighted by molar-refractivity contribution is 0.415. The summed E-state index contributed by atoms with van der Waals surface area (Å²) in [4.78, 5) is 11.0. The van der Waals surface area contributed by atoms with Crippen LogP contribution in [0, 0.1) is 6.92 Å². The second-order valence-electron chi connectivity index (χ2n) is 3.91. The number of benzene rings is 1. The van der Waals surface area contributed by atoms with Crippen LogP contribution in [0.15, 0.2) is 35.1 Å². The third-order valence-corrected chi connectivity index (χ3v) is 2.59. The molecular weight excluding hydrogens is 228 g/mol. The fraction of sp³-hybridized carbons (Fsp3) is 0.143. The normalized spacial score (nSPS) is 10.8. The van der Waals surface area contributed by atoms with Crippen molar-refractivity contribution in [2.75, 3.05) is 7.11 Å². The number of nitrogens with one attached hydrogen (secondary N) is 1. The Hall–Kier alpha value is -2.36. The Morgan fingerprint density at radius 3 is 2.56 bits per heavy atom. The standard InChI is InChI=1S/C14H14N2O2/c1-10-9-14(17)16-15-13(10)8-5-11-3-6-12(18-2)7-4-11/h3-9H,1-2H3,(H,16,17)/b8-5+. The van der Waals surface area contributed by atoms with E-state index in [9.17, 15) is 4.79 Å². The summed E-state index contributed by atoms with van der Waals surface area (Å²) in [5, 5.41) is 6.40. The molecule has 4 nitrogen and oxygen atoms in total. The lowest BCUT2D eigenvalue weighted by Crippen LogP contribution is -2.08. The highest BCUT2D eigenvalue weighted by molar-refractivity contribution is 5.69. The number of hydrogen-bond donors (Lipinski definition) is 1. The summed E-state index contributed by atoms with van der Waals surface area (Å²) in [6.07, 6.45) is 3.81. The van der Waals surface area contributed by atoms with Gasteiger partial charge >= 0.3 is 0 Å². The molecular formula is C14H14N2O2. The Kier molecular flexibility index (Phi) is 3.57. The van der Waals surface area contributed by atoms with Crippen LogP contribution in [0.3, 0.4) is 0 Å². The van der Waals surface area contributed by atoms with Gasteiger partial charge in [0.1, 0.15) is 5.75 Å². The van der Waals surface area contributed by atoms with Gasteiger partial charge in [0, 0.05) is 6.07 Å². The molecule has 0 spiro atoms. The van der Waals surface area contributed by atoms with Gasteiger partial charge in [-0.25, -0.2) is 5.10 Å². The summed E-state index contributed by atoms with van der Waals surface area (Å²) < 4.78 is 5.09. The molecule has 0 atom stereocenters. The SMILES string of the molecule is COc1ccc(/C=C/c2n[nH]c(=O)cc2C)cc1. The number of methoxy groups -OCH3 is 1. The zero-order chi connectivity index (χ0) is 13.0. The number of nitrogens with zero attached hydrogens (tertiary/aromatic N) is 1. The second kappa shape index (κ2) is 5.31. The second-order valence-corrected chi connectivity index (χ2v) is 3.91. The first-order valence-corrected chi connectivity index (χ1v) is 5.57. The minimum Gasteiger partial charge on any atom is -0.497 e. The molecule has 0 aliphatic rings. The molecule has 4 heteroatoms. The van der Waals surface area contributed by atoms with Gasteiger partial charge in [-0.2, -0.15) is 5.10 Å². The third kappa shape index (κ3) is 2.85. The van der Waals surface area contributed by atoms with E-state index in [1.54, 1.807) is 7.11 Å². The minimum atomic E-state index is -0.186. The molecule has 0 saturated carbocycles. The lowest BCUT2D eigenvalue weighted by atomic mass is 10.1. The van der Waals surface area contributed by atoms with Gasteiger partial charge in [0.05, 0.1) is 12.8 Å². The maximum atomic E-state index is 11.0. The van der Waals surface area contributed by atoms with Crippen LogP contribution in [0.25, 0.3) is 12.2 Å². The van der Waals surface area contributed by atoms with Gasteiger partial charge in [-0.3, -0.25) is 4.79 Å². The molecule has 0 amide bonds. The molecule has 0 saturated heterocycles. The molecule has 1 heterocycles. The van der Waals surface area contributed by atoms with E-state index >= 15 is 0 Å². The number of rotatable bonds is 3. The van der Waals surface area contributed by atoms with Crippen LogP contribution < -0.4 is 10.3 Å². The fourth-order valence-corrected chi connectivity index (χ4v) is 1.57. The molecule has 2 rings (SSSR count). The molecule has 0 radical (unpaired) electrons. The first-order chi connectivity index (χ1) is 8.69. The highest BCUT2D eigenvalue weighted by Gasteiger charge is 1.96. The topological polar surface area (TPSA) is 55.0 Å². The average Bonchev–Trinajstić information content (AvgIpc) is 2.38. The van der Waals surface area contributed by atoms with Crippen LogP contribution in [0.2, 0.25) is 0 Å².